The summed E-state index contributed by atoms with van der Waals surface area (Å²) in [6.45, 7) is 2.97. The Balaban J connectivity index is 1.58. The number of aromatic nitrogens is 1. The highest BCUT2D eigenvalue weighted by molar-refractivity contribution is 6.34. The molecule has 0 saturated carbocycles. The van der Waals surface area contributed by atoms with Crippen molar-refractivity contribution < 1.29 is 18.7 Å². The number of nitrogens with one attached hydrogen (secondary N) is 2. The van der Waals surface area contributed by atoms with Crippen molar-refractivity contribution in [1.29, 1.82) is 0 Å². The van der Waals surface area contributed by atoms with Crippen LogP contribution in [0, 0.1) is 12.7 Å². The Labute approximate surface area is 160 Å². The van der Waals surface area contributed by atoms with Crippen LogP contribution >= 0.6 is 11.6 Å². The van der Waals surface area contributed by atoms with E-state index in [0.717, 1.165) is 23.2 Å². The van der Waals surface area contributed by atoms with Gasteiger partial charge in [0.25, 0.3) is 0 Å². The number of aryl methyl sites for hydroxylation is 1. The van der Waals surface area contributed by atoms with E-state index < -0.39 is 0 Å². The molecule has 27 heavy (non-hydrogen) atoms. The van der Waals surface area contributed by atoms with Gasteiger partial charge in [-0.1, -0.05) is 11.6 Å². The molecular weight excluding hydrogens is 371 g/mol. The summed E-state index contributed by atoms with van der Waals surface area (Å²) >= 11 is 6.28. The van der Waals surface area contributed by atoms with Crippen LogP contribution in [0.15, 0.2) is 30.3 Å². The number of benzene rings is 2. The van der Waals surface area contributed by atoms with Crippen molar-refractivity contribution in [3.8, 4) is 11.5 Å². The largest absolute Gasteiger partial charge is 0.490 e. The number of carbonyl (C=O) groups is 1. The van der Waals surface area contributed by atoms with E-state index in [1.165, 1.54) is 12.1 Å². The van der Waals surface area contributed by atoms with Gasteiger partial charge in [-0.25, -0.2) is 4.39 Å². The van der Waals surface area contributed by atoms with Crippen LogP contribution in [0.4, 0.5) is 10.1 Å². The normalized spacial score (nSPS) is 13.4. The number of aromatic amines is 1. The van der Waals surface area contributed by atoms with Crippen LogP contribution in [-0.2, 0) is 11.2 Å². The van der Waals surface area contributed by atoms with Crippen LogP contribution in [-0.4, -0.2) is 24.1 Å². The van der Waals surface area contributed by atoms with Crippen LogP contribution in [0.5, 0.6) is 11.5 Å². The minimum Gasteiger partial charge on any atom is -0.490 e. The lowest BCUT2D eigenvalue weighted by atomic mass is 10.1. The van der Waals surface area contributed by atoms with Gasteiger partial charge in [0.1, 0.15) is 5.82 Å². The number of halogens is 2. The summed E-state index contributed by atoms with van der Waals surface area (Å²) in [6.07, 6.45) is 0.879. The first kappa shape index (κ1) is 17.7. The second kappa shape index (κ2) is 7.12. The number of rotatable bonds is 3. The molecule has 0 fully saturated rings. The fraction of sp³-hybridized carbons (Fsp3) is 0.250. The standard InChI is InChI=1S/C20H18ClFN2O3/c1-11-13(14-7-12(22)3-4-16(14)23-11)8-20(25)24-17-10-19-18(9-15(17)21)26-5-2-6-27-19/h3-4,7,9-10,23H,2,5-6,8H2,1H3,(H,24,25). The van der Waals surface area contributed by atoms with Crippen molar-refractivity contribution in [2.24, 2.45) is 0 Å². The van der Waals surface area contributed by atoms with E-state index in [0.29, 0.717) is 40.8 Å². The minimum absolute atomic E-state index is 0.0973. The summed E-state index contributed by atoms with van der Waals surface area (Å²) < 4.78 is 24.8. The first-order valence-corrected chi connectivity index (χ1v) is 9.05. The molecule has 0 unspecified atom stereocenters. The van der Waals surface area contributed by atoms with Gasteiger partial charge in [0.05, 0.1) is 30.3 Å². The van der Waals surface area contributed by atoms with Crippen LogP contribution in [0.3, 0.4) is 0 Å². The van der Waals surface area contributed by atoms with E-state index >= 15 is 0 Å². The quantitative estimate of drug-likeness (QED) is 0.688. The molecule has 7 heteroatoms. The predicted octanol–water partition coefficient (Wildman–Crippen LogP) is 4.61. The highest BCUT2D eigenvalue weighted by Gasteiger charge is 2.17. The SMILES string of the molecule is Cc1[nH]c2ccc(F)cc2c1CC(=O)Nc1cc2c(cc1Cl)OCCCO2. The topological polar surface area (TPSA) is 63.4 Å². The van der Waals surface area contributed by atoms with Gasteiger partial charge in [0.2, 0.25) is 5.91 Å². The van der Waals surface area contributed by atoms with Crippen LogP contribution in [0.25, 0.3) is 10.9 Å². The molecule has 0 bridgehead atoms. The Morgan fingerprint density at radius 3 is 2.74 bits per heavy atom. The zero-order valence-corrected chi connectivity index (χ0v) is 15.5. The molecular formula is C20H18ClFN2O3. The molecule has 0 spiro atoms. The number of amides is 1. The molecule has 5 nitrogen and oxygen atoms in total. The number of hydrogen-bond acceptors (Lipinski definition) is 3. The second-order valence-electron chi connectivity index (χ2n) is 6.47. The summed E-state index contributed by atoms with van der Waals surface area (Å²) in [4.78, 5) is 15.8. The fourth-order valence-corrected chi connectivity index (χ4v) is 3.42. The Morgan fingerprint density at radius 1 is 1.22 bits per heavy atom. The van der Waals surface area contributed by atoms with Crippen molar-refractivity contribution >= 4 is 34.1 Å². The van der Waals surface area contributed by atoms with Crippen LogP contribution in [0.1, 0.15) is 17.7 Å². The molecule has 140 valence electrons. The number of fused-ring (bicyclic) bond motifs is 2. The molecule has 1 amide bonds. The Kier molecular flexibility index (Phi) is 4.66. The van der Waals surface area contributed by atoms with Gasteiger partial charge in [0, 0.05) is 35.2 Å². The van der Waals surface area contributed by atoms with Gasteiger partial charge < -0.3 is 19.8 Å². The molecule has 1 aromatic heterocycles. The molecule has 3 aromatic rings. The van der Waals surface area contributed by atoms with Crippen molar-refractivity contribution in [3.63, 3.8) is 0 Å². The van der Waals surface area contributed by atoms with Crippen LogP contribution < -0.4 is 14.8 Å². The minimum atomic E-state index is -0.339. The summed E-state index contributed by atoms with van der Waals surface area (Å²) in [5.41, 5.74) is 2.84. The van der Waals surface area contributed by atoms with Gasteiger partial charge >= 0.3 is 0 Å². The maximum absolute atomic E-state index is 13.6. The van der Waals surface area contributed by atoms with Gasteiger partial charge in [-0.2, -0.15) is 0 Å². The third-order valence-electron chi connectivity index (χ3n) is 4.53. The lowest BCUT2D eigenvalue weighted by Gasteiger charge is -2.12. The average Bonchev–Trinajstić information content (AvgIpc) is 2.79. The van der Waals surface area contributed by atoms with E-state index in [2.05, 4.69) is 10.3 Å². The Bertz CT molecular complexity index is 1030. The third-order valence-corrected chi connectivity index (χ3v) is 4.84. The summed E-state index contributed by atoms with van der Waals surface area (Å²) in [7, 11) is 0. The highest BCUT2D eigenvalue weighted by atomic mass is 35.5. The summed E-state index contributed by atoms with van der Waals surface area (Å²) in [5.74, 6) is 0.532. The lowest BCUT2D eigenvalue weighted by molar-refractivity contribution is -0.115. The molecule has 0 aliphatic carbocycles. The molecule has 2 N–H and O–H groups in total. The number of ether oxygens (including phenoxy) is 2. The third kappa shape index (κ3) is 3.57. The predicted molar refractivity (Wildman–Crippen MR) is 102 cm³/mol. The van der Waals surface area contributed by atoms with E-state index in [9.17, 15) is 9.18 Å². The molecule has 0 atom stereocenters. The maximum atomic E-state index is 13.6. The molecule has 2 aromatic carbocycles. The molecule has 4 rings (SSSR count). The lowest BCUT2D eigenvalue weighted by Crippen LogP contribution is -2.15. The van der Waals surface area contributed by atoms with Gasteiger partial charge in [-0.05, 0) is 30.7 Å². The van der Waals surface area contributed by atoms with E-state index in [4.69, 9.17) is 21.1 Å². The summed E-state index contributed by atoms with van der Waals surface area (Å²) in [6, 6.07) is 7.80. The fourth-order valence-electron chi connectivity index (χ4n) is 3.22. The number of hydrogen-bond donors (Lipinski definition) is 2. The van der Waals surface area contributed by atoms with Crippen molar-refractivity contribution in [1.82, 2.24) is 4.98 Å². The monoisotopic (exact) mass is 388 g/mol. The molecule has 0 radical (unpaired) electrons. The number of carbonyl (C=O) groups excluding carboxylic acids is 1. The van der Waals surface area contributed by atoms with Crippen molar-refractivity contribution in [2.45, 2.75) is 19.8 Å². The first-order valence-electron chi connectivity index (χ1n) is 8.67. The van der Waals surface area contributed by atoms with Gasteiger partial charge in [-0.3, -0.25) is 4.79 Å². The molecule has 1 aliphatic heterocycles. The maximum Gasteiger partial charge on any atom is 0.228 e. The molecule has 2 heterocycles. The second-order valence-corrected chi connectivity index (χ2v) is 6.88. The Hall–Kier alpha value is -2.73. The average molecular weight is 389 g/mol. The van der Waals surface area contributed by atoms with Crippen molar-refractivity contribution in [2.75, 3.05) is 18.5 Å². The van der Waals surface area contributed by atoms with Crippen molar-refractivity contribution in [3.05, 3.63) is 52.4 Å². The van der Waals surface area contributed by atoms with Gasteiger partial charge in [-0.15, -0.1) is 0 Å². The van der Waals surface area contributed by atoms with Crippen LogP contribution in [0.2, 0.25) is 5.02 Å². The molecule has 0 saturated heterocycles. The highest BCUT2D eigenvalue weighted by Crippen LogP contribution is 2.37. The molecule has 1 aliphatic rings. The van der Waals surface area contributed by atoms with E-state index in [1.54, 1.807) is 18.2 Å². The van der Waals surface area contributed by atoms with E-state index in [-0.39, 0.29) is 18.1 Å². The van der Waals surface area contributed by atoms with E-state index in [1.807, 2.05) is 6.92 Å². The number of anilines is 1. The zero-order valence-electron chi connectivity index (χ0n) is 14.7. The Morgan fingerprint density at radius 2 is 1.96 bits per heavy atom. The first-order chi connectivity index (χ1) is 13.0. The zero-order chi connectivity index (χ0) is 19.0. The summed E-state index contributed by atoms with van der Waals surface area (Å²) in [5, 5.41) is 3.88. The smallest absolute Gasteiger partial charge is 0.228 e. The number of H-pyrrole nitrogens is 1. The van der Waals surface area contributed by atoms with Gasteiger partial charge in [0.15, 0.2) is 11.5 Å².